The number of aromatic nitrogens is 1. The first-order chi connectivity index (χ1) is 17.5. The molecule has 1 fully saturated rings. The van der Waals surface area contributed by atoms with Crippen LogP contribution >= 0.6 is 0 Å². The lowest BCUT2D eigenvalue weighted by Crippen LogP contribution is -2.44. The number of likely N-dealkylation sites (tertiary alicyclic amines) is 1. The number of nitrogens with two attached hydrogens (primary N) is 1. The summed E-state index contributed by atoms with van der Waals surface area (Å²) < 4.78 is 11.3. The van der Waals surface area contributed by atoms with Crippen molar-refractivity contribution in [2.75, 3.05) is 24.1 Å². The highest BCUT2D eigenvalue weighted by atomic mass is 16.5. The number of nitrogens with zero attached hydrogens (tertiary/aromatic N) is 2. The molecule has 0 aliphatic carbocycles. The van der Waals surface area contributed by atoms with Crippen LogP contribution in [0.25, 0.3) is 11.0 Å². The smallest absolute Gasteiger partial charge is 0.246 e. The van der Waals surface area contributed by atoms with Gasteiger partial charge in [0.25, 0.3) is 0 Å². The molecule has 182 valence electrons. The van der Waals surface area contributed by atoms with Crippen molar-refractivity contribution in [3.8, 4) is 11.5 Å². The van der Waals surface area contributed by atoms with Gasteiger partial charge in [-0.1, -0.05) is 29.9 Å². The average Bonchev–Trinajstić information content (AvgIpc) is 3.28. The maximum absolute atomic E-state index is 12.1. The fourth-order valence-electron chi connectivity index (χ4n) is 4.44. The summed E-state index contributed by atoms with van der Waals surface area (Å²) >= 11 is 0. The minimum Gasteiger partial charge on any atom is -0.457 e. The van der Waals surface area contributed by atoms with E-state index in [4.69, 9.17) is 20.4 Å². The molecular weight excluding hydrogens is 454 g/mol. The second-order valence-electron chi connectivity index (χ2n) is 8.75. The zero-order chi connectivity index (χ0) is 25.1. The molecule has 1 amide bonds. The number of para-hydroxylation sites is 1. The van der Waals surface area contributed by atoms with E-state index in [1.807, 2.05) is 66.7 Å². The van der Waals surface area contributed by atoms with Crippen molar-refractivity contribution in [2.24, 2.45) is 0 Å². The van der Waals surface area contributed by atoms with Gasteiger partial charge in [0.2, 0.25) is 5.91 Å². The van der Waals surface area contributed by atoms with E-state index in [2.05, 4.69) is 17.1 Å². The third-order valence-corrected chi connectivity index (χ3v) is 6.30. The van der Waals surface area contributed by atoms with E-state index in [-0.39, 0.29) is 17.8 Å². The van der Waals surface area contributed by atoms with Gasteiger partial charge in [0.1, 0.15) is 11.5 Å². The Morgan fingerprint density at radius 1 is 1.17 bits per heavy atom. The molecule has 0 spiro atoms. The summed E-state index contributed by atoms with van der Waals surface area (Å²) in [5.41, 5.74) is 8.99. The lowest BCUT2D eigenvalue weighted by molar-refractivity contribution is -0.127. The number of anilines is 2. The largest absolute Gasteiger partial charge is 0.457 e. The summed E-state index contributed by atoms with van der Waals surface area (Å²) in [5.74, 6) is 1.63. The quantitative estimate of drug-likeness (QED) is 0.246. The van der Waals surface area contributed by atoms with E-state index in [0.717, 1.165) is 29.8 Å². The fraction of sp³-hybridized carbons (Fsp3) is 0.179. The SMILES string of the molecule is C=CC(=O)N1CCCC(Nc2cc3onc(N)c3cc2C(=N)c2ccc(Oc3ccccc3)cc2)C1. The number of hydrogen-bond donors (Lipinski definition) is 3. The molecule has 1 saturated heterocycles. The number of rotatable bonds is 7. The zero-order valence-corrected chi connectivity index (χ0v) is 19.7. The second-order valence-corrected chi connectivity index (χ2v) is 8.75. The van der Waals surface area contributed by atoms with Crippen LogP contribution in [0.1, 0.15) is 24.0 Å². The number of fused-ring (bicyclic) bond motifs is 1. The predicted molar refractivity (Wildman–Crippen MR) is 141 cm³/mol. The molecule has 8 heteroatoms. The normalized spacial score (nSPS) is 15.4. The van der Waals surface area contributed by atoms with Crippen molar-refractivity contribution in [3.05, 3.63) is 90.5 Å². The van der Waals surface area contributed by atoms with Crippen LogP contribution in [0.15, 0.2) is 83.9 Å². The topological polar surface area (TPSA) is 117 Å². The summed E-state index contributed by atoms with van der Waals surface area (Å²) in [6, 6.07) is 20.6. The van der Waals surface area contributed by atoms with Gasteiger partial charge in [-0.3, -0.25) is 10.2 Å². The van der Waals surface area contributed by atoms with Crippen molar-refractivity contribution < 1.29 is 14.1 Å². The number of carbonyl (C=O) groups excluding carboxylic acids is 1. The minimum absolute atomic E-state index is 0.0218. The molecular formula is C28H27N5O3. The Morgan fingerprint density at radius 2 is 1.92 bits per heavy atom. The molecule has 3 aromatic carbocycles. The van der Waals surface area contributed by atoms with Crippen LogP contribution in [-0.2, 0) is 4.79 Å². The number of nitrogen functional groups attached to an aromatic ring is 1. The number of nitrogens with one attached hydrogen (secondary N) is 2. The number of amides is 1. The molecule has 36 heavy (non-hydrogen) atoms. The van der Waals surface area contributed by atoms with E-state index in [0.29, 0.717) is 41.1 Å². The summed E-state index contributed by atoms with van der Waals surface area (Å²) in [7, 11) is 0. The molecule has 1 aliphatic rings. The Bertz CT molecular complexity index is 1410. The molecule has 2 heterocycles. The Morgan fingerprint density at radius 3 is 2.67 bits per heavy atom. The highest BCUT2D eigenvalue weighted by Crippen LogP contribution is 2.31. The van der Waals surface area contributed by atoms with Gasteiger partial charge < -0.3 is 25.2 Å². The van der Waals surface area contributed by atoms with Crippen molar-refractivity contribution in [3.63, 3.8) is 0 Å². The Kier molecular flexibility index (Phi) is 6.40. The minimum atomic E-state index is -0.0780. The lowest BCUT2D eigenvalue weighted by Gasteiger charge is -2.33. The highest BCUT2D eigenvalue weighted by molar-refractivity contribution is 6.16. The number of benzene rings is 3. The first-order valence-electron chi connectivity index (χ1n) is 11.8. The molecule has 1 atom stereocenters. The van der Waals surface area contributed by atoms with Crippen LogP contribution in [-0.4, -0.2) is 40.8 Å². The van der Waals surface area contributed by atoms with Crippen LogP contribution in [0.4, 0.5) is 11.5 Å². The number of ether oxygens (including phenoxy) is 1. The molecule has 0 bridgehead atoms. The molecule has 5 rings (SSSR count). The first-order valence-corrected chi connectivity index (χ1v) is 11.8. The third kappa shape index (κ3) is 4.79. The maximum atomic E-state index is 12.1. The van der Waals surface area contributed by atoms with E-state index < -0.39 is 0 Å². The van der Waals surface area contributed by atoms with Gasteiger partial charge in [0, 0.05) is 42.0 Å². The van der Waals surface area contributed by atoms with Crippen LogP contribution in [0.5, 0.6) is 11.5 Å². The number of carbonyl (C=O) groups is 1. The van der Waals surface area contributed by atoms with E-state index in [1.54, 1.807) is 4.90 Å². The average molecular weight is 482 g/mol. The predicted octanol–water partition coefficient (Wildman–Crippen LogP) is 5.21. The molecule has 4 aromatic rings. The molecule has 8 nitrogen and oxygen atoms in total. The maximum Gasteiger partial charge on any atom is 0.246 e. The fourth-order valence-corrected chi connectivity index (χ4v) is 4.44. The van der Waals surface area contributed by atoms with Crippen LogP contribution < -0.4 is 15.8 Å². The monoisotopic (exact) mass is 481 g/mol. The molecule has 0 saturated carbocycles. The van der Waals surface area contributed by atoms with Gasteiger partial charge in [-0.05, 0) is 61.4 Å². The van der Waals surface area contributed by atoms with Gasteiger partial charge in [-0.2, -0.15) is 0 Å². The van der Waals surface area contributed by atoms with Crippen LogP contribution in [0, 0.1) is 5.41 Å². The summed E-state index contributed by atoms with van der Waals surface area (Å²) in [4.78, 5) is 13.9. The zero-order valence-electron chi connectivity index (χ0n) is 19.7. The van der Waals surface area contributed by atoms with Crippen LogP contribution in [0.3, 0.4) is 0 Å². The van der Waals surface area contributed by atoms with Gasteiger partial charge in [-0.15, -0.1) is 0 Å². The molecule has 1 aromatic heterocycles. The first kappa shape index (κ1) is 23.2. The number of hydrogen-bond acceptors (Lipinski definition) is 7. The molecule has 1 unspecified atom stereocenters. The Hall–Kier alpha value is -4.59. The van der Waals surface area contributed by atoms with Gasteiger partial charge in [0.15, 0.2) is 11.4 Å². The van der Waals surface area contributed by atoms with Crippen molar-refractivity contribution in [2.45, 2.75) is 18.9 Å². The summed E-state index contributed by atoms with van der Waals surface area (Å²) in [5, 5.41) is 17.1. The highest BCUT2D eigenvalue weighted by Gasteiger charge is 2.24. The second kappa shape index (κ2) is 9.95. The Balaban J connectivity index is 1.43. The van der Waals surface area contributed by atoms with Gasteiger partial charge in [0.05, 0.1) is 11.1 Å². The van der Waals surface area contributed by atoms with Crippen molar-refractivity contribution in [1.82, 2.24) is 10.1 Å². The van der Waals surface area contributed by atoms with Gasteiger partial charge in [-0.25, -0.2) is 0 Å². The van der Waals surface area contributed by atoms with E-state index >= 15 is 0 Å². The lowest BCUT2D eigenvalue weighted by atomic mass is 9.97. The van der Waals surface area contributed by atoms with E-state index in [9.17, 15) is 4.79 Å². The Labute approximate surface area is 208 Å². The van der Waals surface area contributed by atoms with Crippen molar-refractivity contribution in [1.29, 1.82) is 5.41 Å². The number of piperidine rings is 1. The molecule has 0 radical (unpaired) electrons. The van der Waals surface area contributed by atoms with E-state index in [1.165, 1.54) is 6.08 Å². The third-order valence-electron chi connectivity index (χ3n) is 6.30. The summed E-state index contributed by atoms with van der Waals surface area (Å²) in [6.45, 7) is 4.87. The standard InChI is InChI=1S/C28H27N5O3/c1-2-26(34)33-14-6-7-19(17-33)31-24-16-25-23(28(30)32-36-25)15-22(24)27(29)18-10-12-21(13-11-18)35-20-8-4-3-5-9-20/h2-5,8-13,15-16,19,29,31H,1,6-7,14,17H2,(H2,30,32). The summed E-state index contributed by atoms with van der Waals surface area (Å²) in [6.07, 6.45) is 3.12. The molecule has 4 N–H and O–H groups in total. The van der Waals surface area contributed by atoms with Gasteiger partial charge >= 0.3 is 0 Å². The van der Waals surface area contributed by atoms with Crippen LogP contribution in [0.2, 0.25) is 0 Å². The molecule has 1 aliphatic heterocycles. The van der Waals surface area contributed by atoms with Crippen molar-refractivity contribution >= 4 is 34.1 Å².